The summed E-state index contributed by atoms with van der Waals surface area (Å²) < 4.78 is 0. The van der Waals surface area contributed by atoms with Gasteiger partial charge >= 0.3 is 5.97 Å². The van der Waals surface area contributed by atoms with Crippen LogP contribution in [0.15, 0.2) is 23.1 Å². The maximum atomic E-state index is 12.7. The lowest BCUT2D eigenvalue weighted by Gasteiger charge is -2.31. The molecule has 3 N–H and O–H groups in total. The molecule has 2 fully saturated rings. The van der Waals surface area contributed by atoms with Gasteiger partial charge in [0, 0.05) is 49.1 Å². The van der Waals surface area contributed by atoms with E-state index in [4.69, 9.17) is 5.11 Å². The fourth-order valence-corrected chi connectivity index (χ4v) is 4.83. The third-order valence-electron chi connectivity index (χ3n) is 5.85. The number of carboxylic acid groups (broad SMARTS) is 1. The number of hydrogen-bond acceptors (Lipinski definition) is 5. The number of piperazine rings is 1. The first-order chi connectivity index (χ1) is 13.6. The van der Waals surface area contributed by atoms with E-state index in [0.717, 1.165) is 68.7 Å². The number of benzene rings is 1. The van der Waals surface area contributed by atoms with Crippen molar-refractivity contribution < 1.29 is 14.7 Å². The van der Waals surface area contributed by atoms with Gasteiger partial charge in [-0.15, -0.1) is 11.8 Å². The Labute approximate surface area is 171 Å². The smallest absolute Gasteiger partial charge is 0.303 e. The average molecular weight is 406 g/mol. The summed E-state index contributed by atoms with van der Waals surface area (Å²) in [6, 6.07) is 6.22. The predicted molar refractivity (Wildman–Crippen MR) is 113 cm³/mol. The van der Waals surface area contributed by atoms with Gasteiger partial charge in [0.05, 0.1) is 5.69 Å². The highest BCUT2D eigenvalue weighted by atomic mass is 32.2. The molecule has 3 rings (SSSR count). The molecule has 1 aliphatic carbocycles. The molecule has 0 unspecified atom stereocenters. The maximum absolute atomic E-state index is 12.7. The Hall–Kier alpha value is -1.73. The SMILES string of the molecule is CSc1cc(C(=O)NC2CCC(CCC(=O)O)CC2)ccc1N1CCNCC1. The molecule has 1 aromatic carbocycles. The zero-order valence-electron chi connectivity index (χ0n) is 16.6. The summed E-state index contributed by atoms with van der Waals surface area (Å²) in [7, 11) is 0. The molecule has 1 amide bonds. The first-order valence-electron chi connectivity index (χ1n) is 10.2. The van der Waals surface area contributed by atoms with Crippen LogP contribution in [0.5, 0.6) is 0 Å². The molecule has 1 aromatic rings. The summed E-state index contributed by atoms with van der Waals surface area (Å²) in [6.07, 6.45) is 6.92. The number of amides is 1. The molecule has 0 bridgehead atoms. The van der Waals surface area contributed by atoms with Crippen LogP contribution in [0, 0.1) is 5.92 Å². The normalized spacial score (nSPS) is 22.7. The lowest BCUT2D eigenvalue weighted by Crippen LogP contribution is -2.43. The van der Waals surface area contributed by atoms with Crippen LogP contribution in [0.4, 0.5) is 5.69 Å². The fourth-order valence-electron chi connectivity index (χ4n) is 4.18. The highest BCUT2D eigenvalue weighted by molar-refractivity contribution is 7.98. The molecule has 6 nitrogen and oxygen atoms in total. The van der Waals surface area contributed by atoms with Crippen molar-refractivity contribution in [3.63, 3.8) is 0 Å². The van der Waals surface area contributed by atoms with E-state index >= 15 is 0 Å². The summed E-state index contributed by atoms with van der Waals surface area (Å²) >= 11 is 1.68. The summed E-state index contributed by atoms with van der Waals surface area (Å²) in [4.78, 5) is 27.0. The van der Waals surface area contributed by atoms with E-state index in [1.54, 1.807) is 11.8 Å². The monoisotopic (exact) mass is 405 g/mol. The molecule has 0 spiro atoms. The van der Waals surface area contributed by atoms with E-state index in [-0.39, 0.29) is 18.4 Å². The van der Waals surface area contributed by atoms with Crippen molar-refractivity contribution in [2.45, 2.75) is 49.5 Å². The largest absolute Gasteiger partial charge is 0.481 e. The number of aliphatic carboxylic acids is 1. The van der Waals surface area contributed by atoms with Crippen molar-refractivity contribution in [2.24, 2.45) is 5.92 Å². The number of carbonyl (C=O) groups excluding carboxylic acids is 1. The molecule has 0 radical (unpaired) electrons. The fraction of sp³-hybridized carbons (Fsp3) is 0.619. The van der Waals surface area contributed by atoms with Gasteiger partial charge in [0.1, 0.15) is 0 Å². The predicted octanol–water partition coefficient (Wildman–Crippen LogP) is 2.97. The minimum Gasteiger partial charge on any atom is -0.481 e. The first-order valence-corrected chi connectivity index (χ1v) is 11.5. The Morgan fingerprint density at radius 1 is 1.21 bits per heavy atom. The molecule has 1 saturated heterocycles. The van der Waals surface area contributed by atoms with Crippen LogP contribution < -0.4 is 15.5 Å². The van der Waals surface area contributed by atoms with Crippen molar-refractivity contribution in [3.05, 3.63) is 23.8 Å². The molecular formula is C21H31N3O3S. The summed E-state index contributed by atoms with van der Waals surface area (Å²) in [5.41, 5.74) is 1.93. The number of carboxylic acids is 1. The maximum Gasteiger partial charge on any atom is 0.303 e. The third kappa shape index (κ3) is 5.64. The second-order valence-corrected chi connectivity index (χ2v) is 8.60. The number of anilines is 1. The minimum absolute atomic E-state index is 0.00357. The van der Waals surface area contributed by atoms with Crippen LogP contribution in [0.25, 0.3) is 0 Å². The van der Waals surface area contributed by atoms with Crippen molar-refractivity contribution in [1.29, 1.82) is 0 Å². The topological polar surface area (TPSA) is 81.7 Å². The van der Waals surface area contributed by atoms with E-state index < -0.39 is 5.97 Å². The molecule has 1 heterocycles. The Morgan fingerprint density at radius 3 is 2.57 bits per heavy atom. The lowest BCUT2D eigenvalue weighted by atomic mass is 9.83. The second kappa shape index (κ2) is 10.2. The number of nitrogens with one attached hydrogen (secondary N) is 2. The molecule has 2 aliphatic rings. The molecule has 1 aliphatic heterocycles. The Morgan fingerprint density at radius 2 is 1.93 bits per heavy atom. The molecule has 28 heavy (non-hydrogen) atoms. The quantitative estimate of drug-likeness (QED) is 0.605. The van der Waals surface area contributed by atoms with Gasteiger partial charge in [-0.3, -0.25) is 9.59 Å². The van der Waals surface area contributed by atoms with E-state index in [9.17, 15) is 9.59 Å². The Balaban J connectivity index is 1.55. The molecule has 154 valence electrons. The number of rotatable bonds is 7. The highest BCUT2D eigenvalue weighted by Crippen LogP contribution is 2.31. The average Bonchev–Trinajstić information content (AvgIpc) is 2.73. The summed E-state index contributed by atoms with van der Waals surface area (Å²) in [6.45, 7) is 3.96. The molecule has 7 heteroatoms. The Kier molecular flexibility index (Phi) is 7.62. The van der Waals surface area contributed by atoms with Gasteiger partial charge in [-0.05, 0) is 62.5 Å². The Bertz CT molecular complexity index is 683. The van der Waals surface area contributed by atoms with Crippen LogP contribution in [0.1, 0.15) is 48.9 Å². The summed E-state index contributed by atoms with van der Waals surface area (Å²) in [5, 5.41) is 15.4. The van der Waals surface area contributed by atoms with Gasteiger partial charge in [-0.2, -0.15) is 0 Å². The highest BCUT2D eigenvalue weighted by Gasteiger charge is 2.24. The zero-order valence-corrected chi connectivity index (χ0v) is 17.4. The van der Waals surface area contributed by atoms with E-state index in [2.05, 4.69) is 27.9 Å². The van der Waals surface area contributed by atoms with Crippen LogP contribution in [-0.2, 0) is 4.79 Å². The summed E-state index contributed by atoms with van der Waals surface area (Å²) in [5.74, 6) is -0.244. The molecule has 1 saturated carbocycles. The first kappa shape index (κ1) is 21.0. The second-order valence-electron chi connectivity index (χ2n) is 7.75. The van der Waals surface area contributed by atoms with Gasteiger partial charge in [-0.25, -0.2) is 0 Å². The van der Waals surface area contributed by atoms with Crippen molar-refractivity contribution in [1.82, 2.24) is 10.6 Å². The van der Waals surface area contributed by atoms with Crippen molar-refractivity contribution in [3.8, 4) is 0 Å². The van der Waals surface area contributed by atoms with Gasteiger partial charge < -0.3 is 20.6 Å². The lowest BCUT2D eigenvalue weighted by molar-refractivity contribution is -0.137. The van der Waals surface area contributed by atoms with Crippen LogP contribution >= 0.6 is 11.8 Å². The van der Waals surface area contributed by atoms with Gasteiger partial charge in [-0.1, -0.05) is 0 Å². The zero-order chi connectivity index (χ0) is 19.9. The van der Waals surface area contributed by atoms with E-state index in [1.165, 1.54) is 5.69 Å². The number of nitrogens with zero attached hydrogens (tertiary/aromatic N) is 1. The van der Waals surface area contributed by atoms with Gasteiger partial charge in [0.2, 0.25) is 0 Å². The van der Waals surface area contributed by atoms with Gasteiger partial charge in [0.25, 0.3) is 5.91 Å². The van der Waals surface area contributed by atoms with Gasteiger partial charge in [0.15, 0.2) is 0 Å². The third-order valence-corrected chi connectivity index (χ3v) is 6.61. The van der Waals surface area contributed by atoms with Crippen LogP contribution in [0.2, 0.25) is 0 Å². The van der Waals surface area contributed by atoms with Crippen LogP contribution in [-0.4, -0.2) is 55.5 Å². The van der Waals surface area contributed by atoms with E-state index in [0.29, 0.717) is 5.92 Å². The minimum atomic E-state index is -0.718. The van der Waals surface area contributed by atoms with Crippen molar-refractivity contribution in [2.75, 3.05) is 37.3 Å². The van der Waals surface area contributed by atoms with Crippen molar-refractivity contribution >= 4 is 29.3 Å². The number of thioether (sulfide) groups is 1. The standard InChI is InChI=1S/C21H31N3O3S/c1-28-19-14-16(5-8-18(19)24-12-10-22-11-13-24)21(27)23-17-6-2-15(3-7-17)4-9-20(25)26/h5,8,14-15,17,22H,2-4,6-7,9-13H2,1H3,(H,23,27)(H,25,26). The van der Waals surface area contributed by atoms with E-state index in [1.807, 2.05) is 12.1 Å². The molecular weight excluding hydrogens is 374 g/mol. The van der Waals surface area contributed by atoms with Crippen LogP contribution in [0.3, 0.4) is 0 Å². The molecule has 0 aromatic heterocycles. The number of carbonyl (C=O) groups is 2. The number of hydrogen-bond donors (Lipinski definition) is 3. The molecule has 0 atom stereocenters.